The number of benzene rings is 6. The Labute approximate surface area is 346 Å². The van der Waals surface area contributed by atoms with Crippen LogP contribution in [0.4, 0.5) is 0 Å². The Morgan fingerprint density at radius 3 is 1.88 bits per heavy atom. The first kappa shape index (κ1) is 36.9. The molecule has 0 bridgehead atoms. The molecule has 0 spiro atoms. The molecular formula is C54H51N5. The molecule has 0 fully saturated rings. The Hall–Kier alpha value is -6.46. The van der Waals surface area contributed by atoms with E-state index >= 15 is 0 Å². The van der Waals surface area contributed by atoms with E-state index in [4.69, 9.17) is 9.97 Å². The van der Waals surface area contributed by atoms with E-state index in [1.165, 1.54) is 38.2 Å². The maximum absolute atomic E-state index is 5.73. The molecule has 4 aromatic heterocycles. The van der Waals surface area contributed by atoms with Crippen molar-refractivity contribution in [1.29, 1.82) is 0 Å². The van der Waals surface area contributed by atoms with Crippen molar-refractivity contribution in [2.75, 3.05) is 0 Å². The van der Waals surface area contributed by atoms with Crippen LogP contribution in [0.3, 0.4) is 0 Å². The minimum atomic E-state index is -0.0913. The van der Waals surface area contributed by atoms with Gasteiger partial charge in [-0.15, -0.1) is 0 Å². The van der Waals surface area contributed by atoms with Crippen LogP contribution in [0.5, 0.6) is 0 Å². The summed E-state index contributed by atoms with van der Waals surface area (Å²) in [5.41, 5.74) is 14.7. The molecule has 0 amide bonds. The molecule has 5 nitrogen and oxygen atoms in total. The van der Waals surface area contributed by atoms with E-state index in [9.17, 15) is 0 Å². The third-order valence-electron chi connectivity index (χ3n) is 12.2. The maximum atomic E-state index is 5.73. The summed E-state index contributed by atoms with van der Waals surface area (Å²) in [6.45, 7) is 20.6. The van der Waals surface area contributed by atoms with Crippen molar-refractivity contribution in [3.05, 3.63) is 156 Å². The summed E-state index contributed by atoms with van der Waals surface area (Å²) in [5, 5.41) is 4.87. The highest BCUT2D eigenvalue weighted by molar-refractivity contribution is 6.13. The summed E-state index contributed by atoms with van der Waals surface area (Å²) in [7, 11) is 0. The van der Waals surface area contributed by atoms with Gasteiger partial charge in [0.1, 0.15) is 11.6 Å². The molecule has 0 saturated heterocycles. The fourth-order valence-electron chi connectivity index (χ4n) is 8.83. The van der Waals surface area contributed by atoms with E-state index in [2.05, 4.69) is 204 Å². The topological polar surface area (TPSA) is 51.4 Å². The Morgan fingerprint density at radius 1 is 0.475 bits per heavy atom. The lowest BCUT2D eigenvalue weighted by atomic mass is 9.84. The number of aromatic amines is 1. The number of nitrogens with one attached hydrogen (secondary N) is 1. The standard InChI is InChI=1S/C54H51N5/c1-52(2,3)34-21-24-37(25-22-34)58-46-18-14-16-38(33-20-26-40-39-15-10-11-17-45(39)59(47(40)29-33)48-19-12-13-28-55-48)50(46)57-51(58)43-32-36(54(7,8)9)31-42-41-30-35(53(4,5)6)23-27-44(41)56-49(42)43/h10-32,56H,1-9H3. The van der Waals surface area contributed by atoms with E-state index in [-0.39, 0.29) is 16.2 Å². The molecule has 10 rings (SSSR count). The maximum Gasteiger partial charge on any atom is 0.147 e. The third-order valence-corrected chi connectivity index (χ3v) is 12.2. The number of fused-ring (bicyclic) bond motifs is 7. The van der Waals surface area contributed by atoms with Crippen LogP contribution in [-0.4, -0.2) is 24.1 Å². The average molecular weight is 770 g/mol. The Balaban J connectivity index is 1.28. The lowest BCUT2D eigenvalue weighted by molar-refractivity contribution is 0.590. The number of imidazole rings is 1. The van der Waals surface area contributed by atoms with Crippen molar-refractivity contribution in [2.45, 2.75) is 78.6 Å². The van der Waals surface area contributed by atoms with Gasteiger partial charge < -0.3 is 4.98 Å². The molecule has 1 N–H and O–H groups in total. The van der Waals surface area contributed by atoms with Gasteiger partial charge in [0.05, 0.1) is 27.6 Å². The first-order valence-electron chi connectivity index (χ1n) is 20.8. The van der Waals surface area contributed by atoms with E-state index in [1.54, 1.807) is 0 Å². The van der Waals surface area contributed by atoms with Crippen LogP contribution in [-0.2, 0) is 16.2 Å². The molecule has 59 heavy (non-hydrogen) atoms. The van der Waals surface area contributed by atoms with Crippen LogP contribution >= 0.6 is 0 Å². The van der Waals surface area contributed by atoms with Crippen LogP contribution in [0.2, 0.25) is 0 Å². The van der Waals surface area contributed by atoms with Gasteiger partial charge in [-0.3, -0.25) is 9.13 Å². The van der Waals surface area contributed by atoms with E-state index in [1.807, 2.05) is 12.3 Å². The van der Waals surface area contributed by atoms with Crippen molar-refractivity contribution in [3.63, 3.8) is 0 Å². The smallest absolute Gasteiger partial charge is 0.147 e. The second-order valence-corrected chi connectivity index (χ2v) is 19.3. The van der Waals surface area contributed by atoms with Crippen molar-refractivity contribution in [2.24, 2.45) is 0 Å². The fourth-order valence-corrected chi connectivity index (χ4v) is 8.83. The predicted octanol–water partition coefficient (Wildman–Crippen LogP) is 14.4. The number of rotatable bonds is 4. The molecule has 0 atom stereocenters. The van der Waals surface area contributed by atoms with Crippen LogP contribution < -0.4 is 0 Å². The molecule has 292 valence electrons. The SMILES string of the molecule is CC(C)(C)c1ccc(-n2c(-c3cc(C(C)(C)C)cc4c3[nH]c3ccc(C(C)(C)C)cc34)nc3c(-c4ccc5c6ccccc6n(-c6ccccn6)c5c4)cccc32)cc1. The van der Waals surface area contributed by atoms with E-state index < -0.39 is 0 Å². The minimum absolute atomic E-state index is 0.0286. The number of nitrogens with zero attached hydrogens (tertiary/aromatic N) is 4. The van der Waals surface area contributed by atoms with E-state index in [0.717, 1.165) is 67.1 Å². The van der Waals surface area contributed by atoms with Crippen LogP contribution in [0.25, 0.3) is 88.7 Å². The zero-order valence-electron chi connectivity index (χ0n) is 35.6. The Kier molecular flexibility index (Phi) is 8.13. The first-order valence-corrected chi connectivity index (χ1v) is 20.8. The van der Waals surface area contributed by atoms with Gasteiger partial charge >= 0.3 is 0 Å². The highest BCUT2D eigenvalue weighted by Crippen LogP contribution is 2.43. The minimum Gasteiger partial charge on any atom is -0.354 e. The summed E-state index contributed by atoms with van der Waals surface area (Å²) in [6.07, 6.45) is 1.87. The number of hydrogen-bond acceptors (Lipinski definition) is 2. The largest absolute Gasteiger partial charge is 0.354 e. The van der Waals surface area contributed by atoms with Gasteiger partial charge in [0.15, 0.2) is 0 Å². The van der Waals surface area contributed by atoms with Crippen molar-refractivity contribution in [3.8, 4) is 34.0 Å². The normalized spacial score (nSPS) is 12.8. The van der Waals surface area contributed by atoms with Gasteiger partial charge in [-0.2, -0.15) is 0 Å². The van der Waals surface area contributed by atoms with Crippen molar-refractivity contribution in [1.82, 2.24) is 24.1 Å². The van der Waals surface area contributed by atoms with Gasteiger partial charge in [-0.05, 0) is 105 Å². The van der Waals surface area contributed by atoms with E-state index in [0.29, 0.717) is 0 Å². The summed E-state index contributed by atoms with van der Waals surface area (Å²) < 4.78 is 4.66. The summed E-state index contributed by atoms with van der Waals surface area (Å²) in [4.78, 5) is 14.4. The lowest BCUT2D eigenvalue weighted by Crippen LogP contribution is -2.12. The molecule has 0 saturated carbocycles. The molecule has 0 radical (unpaired) electrons. The van der Waals surface area contributed by atoms with Crippen molar-refractivity contribution < 1.29 is 0 Å². The van der Waals surface area contributed by atoms with Crippen molar-refractivity contribution >= 4 is 54.6 Å². The fraction of sp³-hybridized carbons (Fsp3) is 0.222. The van der Waals surface area contributed by atoms with Gasteiger partial charge in [-0.1, -0.05) is 129 Å². The molecule has 6 aromatic carbocycles. The lowest BCUT2D eigenvalue weighted by Gasteiger charge is -2.22. The monoisotopic (exact) mass is 769 g/mol. The number of hydrogen-bond donors (Lipinski definition) is 1. The molecule has 5 heteroatoms. The Bertz CT molecular complexity index is 3240. The second kappa shape index (κ2) is 13.0. The summed E-state index contributed by atoms with van der Waals surface area (Å²) >= 11 is 0. The van der Waals surface area contributed by atoms with Gasteiger partial charge in [-0.25, -0.2) is 9.97 Å². The molecule has 4 heterocycles. The third kappa shape index (κ3) is 6.05. The Morgan fingerprint density at radius 2 is 1.15 bits per heavy atom. The second-order valence-electron chi connectivity index (χ2n) is 19.3. The number of H-pyrrole nitrogens is 1. The zero-order chi connectivity index (χ0) is 41.0. The van der Waals surface area contributed by atoms with Crippen LogP contribution in [0, 0.1) is 0 Å². The molecule has 0 aliphatic heterocycles. The number of aromatic nitrogens is 5. The van der Waals surface area contributed by atoms with Gasteiger partial charge in [0, 0.05) is 50.1 Å². The van der Waals surface area contributed by atoms with Crippen LogP contribution in [0.1, 0.15) is 79.0 Å². The van der Waals surface area contributed by atoms with Gasteiger partial charge in [0.2, 0.25) is 0 Å². The zero-order valence-corrected chi connectivity index (χ0v) is 35.6. The van der Waals surface area contributed by atoms with Gasteiger partial charge in [0.25, 0.3) is 0 Å². The highest BCUT2D eigenvalue weighted by Gasteiger charge is 2.26. The summed E-state index contributed by atoms with van der Waals surface area (Å²) in [6, 6.07) is 48.9. The average Bonchev–Trinajstić information content (AvgIpc) is 3.89. The number of para-hydroxylation sites is 2. The van der Waals surface area contributed by atoms with Crippen LogP contribution in [0.15, 0.2) is 140 Å². The molecule has 0 aliphatic rings. The molecular weight excluding hydrogens is 719 g/mol. The molecule has 0 unspecified atom stereocenters. The first-order chi connectivity index (χ1) is 28.1. The number of pyridine rings is 1. The predicted molar refractivity (Wildman–Crippen MR) is 250 cm³/mol. The highest BCUT2D eigenvalue weighted by atomic mass is 15.1. The molecule has 10 aromatic rings. The molecule has 0 aliphatic carbocycles. The summed E-state index contributed by atoms with van der Waals surface area (Å²) in [5.74, 6) is 1.81. The quantitative estimate of drug-likeness (QED) is 0.194.